The van der Waals surface area contributed by atoms with Crippen molar-refractivity contribution in [2.45, 2.75) is 32.7 Å². The van der Waals surface area contributed by atoms with Gasteiger partial charge in [0.25, 0.3) is 11.7 Å². The average Bonchev–Trinajstić information content (AvgIpc) is 3.18. The van der Waals surface area contributed by atoms with Gasteiger partial charge in [-0.2, -0.15) is 0 Å². The maximum atomic E-state index is 13.5. The molecular formula is C30H29NO6. The standard InChI is InChI=1S/C30H29NO6/c1-4-35-23-12-10-20(16-22(23)18(2)3)28(32)26-27(19-8-6-5-7-9-19)31(30(34)29(26)33)21-11-13-24-25(17-21)37-15-14-36-24/h5-13,16-18,27,32H,4,14-15H2,1-3H3/b28-26+. The van der Waals surface area contributed by atoms with Crippen molar-refractivity contribution in [1.82, 2.24) is 0 Å². The van der Waals surface area contributed by atoms with E-state index in [-0.39, 0.29) is 17.3 Å². The van der Waals surface area contributed by atoms with Gasteiger partial charge in [0.1, 0.15) is 24.7 Å². The number of aliphatic hydroxyl groups is 1. The molecule has 1 amide bonds. The molecule has 0 aromatic heterocycles. The molecule has 3 aromatic carbocycles. The topological polar surface area (TPSA) is 85.3 Å². The summed E-state index contributed by atoms with van der Waals surface area (Å²) in [5.41, 5.74) is 2.57. The van der Waals surface area contributed by atoms with Gasteiger partial charge in [-0.15, -0.1) is 0 Å². The summed E-state index contributed by atoms with van der Waals surface area (Å²) in [5, 5.41) is 11.5. The van der Waals surface area contributed by atoms with Crippen molar-refractivity contribution in [2.24, 2.45) is 0 Å². The number of carbonyl (C=O) groups is 2. The number of ketones is 1. The maximum absolute atomic E-state index is 13.5. The number of carbonyl (C=O) groups excluding carboxylic acids is 2. The number of benzene rings is 3. The van der Waals surface area contributed by atoms with Gasteiger partial charge in [0, 0.05) is 17.3 Å². The van der Waals surface area contributed by atoms with E-state index < -0.39 is 17.7 Å². The lowest BCUT2D eigenvalue weighted by Crippen LogP contribution is -2.29. The second kappa shape index (κ2) is 10.0. The molecule has 1 saturated heterocycles. The lowest BCUT2D eigenvalue weighted by Gasteiger charge is -2.27. The second-order valence-corrected chi connectivity index (χ2v) is 9.25. The van der Waals surface area contributed by atoms with E-state index in [1.54, 1.807) is 30.3 Å². The molecule has 2 aliphatic rings. The first-order chi connectivity index (χ1) is 17.9. The third-order valence-corrected chi connectivity index (χ3v) is 6.57. The average molecular weight is 500 g/mol. The highest BCUT2D eigenvalue weighted by Gasteiger charge is 2.47. The van der Waals surface area contributed by atoms with Crippen LogP contribution < -0.4 is 19.1 Å². The number of ether oxygens (including phenoxy) is 3. The number of anilines is 1. The summed E-state index contributed by atoms with van der Waals surface area (Å²) in [6, 6.07) is 18.9. The zero-order valence-corrected chi connectivity index (χ0v) is 21.1. The van der Waals surface area contributed by atoms with Gasteiger partial charge in [-0.05, 0) is 54.3 Å². The highest BCUT2D eigenvalue weighted by Crippen LogP contribution is 2.45. The molecule has 37 heavy (non-hydrogen) atoms. The molecule has 0 radical (unpaired) electrons. The summed E-state index contributed by atoms with van der Waals surface area (Å²) in [6.07, 6.45) is 0. The summed E-state index contributed by atoms with van der Waals surface area (Å²) in [7, 11) is 0. The molecule has 3 aromatic rings. The van der Waals surface area contributed by atoms with E-state index in [0.29, 0.717) is 48.1 Å². The van der Waals surface area contributed by atoms with Gasteiger partial charge in [0.05, 0.1) is 18.2 Å². The van der Waals surface area contributed by atoms with E-state index in [1.165, 1.54) is 4.90 Å². The zero-order valence-electron chi connectivity index (χ0n) is 21.1. The summed E-state index contributed by atoms with van der Waals surface area (Å²) in [4.78, 5) is 28.3. The monoisotopic (exact) mass is 499 g/mol. The minimum Gasteiger partial charge on any atom is -0.507 e. The van der Waals surface area contributed by atoms with Gasteiger partial charge >= 0.3 is 0 Å². The Bertz CT molecular complexity index is 1380. The van der Waals surface area contributed by atoms with E-state index in [2.05, 4.69) is 0 Å². The molecule has 0 aliphatic carbocycles. The molecule has 0 bridgehead atoms. The number of rotatable bonds is 6. The van der Waals surface area contributed by atoms with E-state index in [0.717, 1.165) is 11.3 Å². The van der Waals surface area contributed by atoms with Crippen molar-refractivity contribution in [2.75, 3.05) is 24.7 Å². The quantitative estimate of drug-likeness (QED) is 0.270. The predicted molar refractivity (Wildman–Crippen MR) is 140 cm³/mol. The number of nitrogens with zero attached hydrogens (tertiary/aromatic N) is 1. The van der Waals surface area contributed by atoms with Gasteiger partial charge in [-0.1, -0.05) is 44.2 Å². The van der Waals surface area contributed by atoms with Crippen molar-refractivity contribution in [3.05, 3.63) is 89.0 Å². The van der Waals surface area contributed by atoms with Crippen LogP contribution in [0.15, 0.2) is 72.3 Å². The molecule has 1 unspecified atom stereocenters. The van der Waals surface area contributed by atoms with Gasteiger partial charge in [0.15, 0.2) is 11.5 Å². The molecule has 7 heteroatoms. The summed E-state index contributed by atoms with van der Waals surface area (Å²) >= 11 is 0. The predicted octanol–water partition coefficient (Wildman–Crippen LogP) is 5.61. The molecular weight excluding hydrogens is 470 g/mol. The fourth-order valence-corrected chi connectivity index (χ4v) is 4.82. The van der Waals surface area contributed by atoms with Gasteiger partial charge in [-0.25, -0.2) is 0 Å². The molecule has 2 aliphatic heterocycles. The lowest BCUT2D eigenvalue weighted by molar-refractivity contribution is -0.132. The van der Waals surface area contributed by atoms with E-state index in [4.69, 9.17) is 14.2 Å². The maximum Gasteiger partial charge on any atom is 0.300 e. The fraction of sp³-hybridized carbons (Fsp3) is 0.267. The minimum absolute atomic E-state index is 0.0324. The number of amides is 1. The van der Waals surface area contributed by atoms with Crippen molar-refractivity contribution < 1.29 is 28.9 Å². The Labute approximate surface area is 215 Å². The molecule has 1 atom stereocenters. The van der Waals surface area contributed by atoms with Crippen LogP contribution in [0.1, 0.15) is 49.4 Å². The van der Waals surface area contributed by atoms with E-state index >= 15 is 0 Å². The van der Waals surface area contributed by atoms with E-state index in [1.807, 2.05) is 57.2 Å². The second-order valence-electron chi connectivity index (χ2n) is 9.25. The van der Waals surface area contributed by atoms with E-state index in [9.17, 15) is 14.7 Å². The largest absolute Gasteiger partial charge is 0.507 e. The minimum atomic E-state index is -0.821. The molecule has 7 nitrogen and oxygen atoms in total. The number of Topliss-reactive ketones (excluding diaryl/α,β-unsaturated/α-hetero) is 1. The molecule has 1 fully saturated rings. The molecule has 0 saturated carbocycles. The first-order valence-corrected chi connectivity index (χ1v) is 12.4. The molecule has 0 spiro atoms. The Balaban J connectivity index is 1.67. The Morgan fingerprint density at radius 2 is 1.73 bits per heavy atom. The smallest absolute Gasteiger partial charge is 0.300 e. The lowest BCUT2D eigenvalue weighted by atomic mass is 9.93. The third kappa shape index (κ3) is 4.42. The van der Waals surface area contributed by atoms with Crippen LogP contribution in [0, 0.1) is 0 Å². The summed E-state index contributed by atoms with van der Waals surface area (Å²) in [5.74, 6) is 0.245. The van der Waals surface area contributed by atoms with Crippen LogP contribution in [-0.4, -0.2) is 36.6 Å². The van der Waals surface area contributed by atoms with Crippen LogP contribution in [0.4, 0.5) is 5.69 Å². The van der Waals surface area contributed by atoms with Crippen LogP contribution in [0.3, 0.4) is 0 Å². The van der Waals surface area contributed by atoms with Crippen LogP contribution in [0.2, 0.25) is 0 Å². The fourth-order valence-electron chi connectivity index (χ4n) is 4.82. The summed E-state index contributed by atoms with van der Waals surface area (Å²) in [6.45, 7) is 7.34. The molecule has 5 rings (SSSR count). The normalized spacial score (nSPS) is 18.4. The van der Waals surface area contributed by atoms with Crippen molar-refractivity contribution in [1.29, 1.82) is 0 Å². The molecule has 1 N–H and O–H groups in total. The highest BCUT2D eigenvalue weighted by atomic mass is 16.6. The SMILES string of the molecule is CCOc1ccc(/C(O)=C2\C(=O)C(=O)N(c3ccc4c(c3)OCCO4)C2c2ccccc2)cc1C(C)C. The van der Waals surface area contributed by atoms with Crippen molar-refractivity contribution >= 4 is 23.1 Å². The number of fused-ring (bicyclic) bond motifs is 1. The Morgan fingerprint density at radius 1 is 1.00 bits per heavy atom. The Kier molecular flexibility index (Phi) is 6.61. The van der Waals surface area contributed by atoms with Crippen molar-refractivity contribution in [3.8, 4) is 17.2 Å². The number of hydrogen-bond donors (Lipinski definition) is 1. The van der Waals surface area contributed by atoms with Gasteiger partial charge in [-0.3, -0.25) is 14.5 Å². The van der Waals surface area contributed by atoms with Gasteiger partial charge in [0.2, 0.25) is 0 Å². The van der Waals surface area contributed by atoms with Crippen LogP contribution in [0.5, 0.6) is 17.2 Å². The number of aliphatic hydroxyl groups excluding tert-OH is 1. The Hall–Kier alpha value is -4.26. The van der Waals surface area contributed by atoms with Crippen LogP contribution in [-0.2, 0) is 9.59 Å². The van der Waals surface area contributed by atoms with Gasteiger partial charge < -0.3 is 19.3 Å². The highest BCUT2D eigenvalue weighted by molar-refractivity contribution is 6.51. The first kappa shape index (κ1) is 24.4. The Morgan fingerprint density at radius 3 is 2.43 bits per heavy atom. The molecule has 2 heterocycles. The molecule has 190 valence electrons. The van der Waals surface area contributed by atoms with Crippen molar-refractivity contribution in [3.63, 3.8) is 0 Å². The first-order valence-electron chi connectivity index (χ1n) is 12.4. The van der Waals surface area contributed by atoms with Crippen LogP contribution in [0.25, 0.3) is 5.76 Å². The van der Waals surface area contributed by atoms with Crippen LogP contribution >= 0.6 is 0 Å². The zero-order chi connectivity index (χ0) is 26.1. The number of hydrogen-bond acceptors (Lipinski definition) is 6. The summed E-state index contributed by atoms with van der Waals surface area (Å²) < 4.78 is 17.1. The third-order valence-electron chi connectivity index (χ3n) is 6.57.